The van der Waals surface area contributed by atoms with Crippen LogP contribution in [0.2, 0.25) is 10.0 Å². The molecule has 0 spiro atoms. The Morgan fingerprint density at radius 1 is 0.738 bits per heavy atom. The fourth-order valence-corrected chi connectivity index (χ4v) is 5.72. The lowest BCUT2D eigenvalue weighted by Crippen LogP contribution is -2.17. The van der Waals surface area contributed by atoms with Crippen molar-refractivity contribution < 1.29 is 18.9 Å². The van der Waals surface area contributed by atoms with Crippen LogP contribution in [0.1, 0.15) is 34.6 Å². The Balaban J connectivity index is 1.41. The topological polar surface area (TPSA) is 62.9 Å². The molecule has 4 rings (SSSR count). The van der Waals surface area contributed by atoms with Gasteiger partial charge in [0.2, 0.25) is 0 Å². The standard InChI is InChI=1S/C35H39Cl2NO4/c1-24-20-32(36)35(33(37)21-24)42-19-18-40-29-12-10-26(11-13-29)22-28(23-38)30-14-15-31(27-8-5-4-6-9-27)34(25(30)2)41-17-7-16-39-3/h4-6,8-15,20-21,28H,7,16-19,22-23,38H2,1-3H3. The second-order valence-electron chi connectivity index (χ2n) is 10.3. The van der Waals surface area contributed by atoms with E-state index in [1.54, 1.807) is 7.11 Å². The molecular formula is C35H39Cl2NO4. The Morgan fingerprint density at radius 3 is 2.07 bits per heavy atom. The highest BCUT2D eigenvalue weighted by molar-refractivity contribution is 6.37. The van der Waals surface area contributed by atoms with Gasteiger partial charge in [-0.25, -0.2) is 0 Å². The Morgan fingerprint density at radius 2 is 1.40 bits per heavy atom. The molecule has 42 heavy (non-hydrogen) atoms. The minimum atomic E-state index is 0.139. The van der Waals surface area contributed by atoms with Crippen molar-refractivity contribution in [1.82, 2.24) is 0 Å². The summed E-state index contributed by atoms with van der Waals surface area (Å²) < 4.78 is 23.2. The Hall–Kier alpha value is -3.22. The van der Waals surface area contributed by atoms with Crippen molar-refractivity contribution in [2.75, 3.05) is 40.1 Å². The summed E-state index contributed by atoms with van der Waals surface area (Å²) >= 11 is 12.5. The van der Waals surface area contributed by atoms with Crippen LogP contribution >= 0.6 is 23.2 Å². The van der Waals surface area contributed by atoms with Crippen molar-refractivity contribution >= 4 is 23.2 Å². The van der Waals surface area contributed by atoms with Gasteiger partial charge < -0.3 is 24.7 Å². The fraction of sp³-hybridized carbons (Fsp3) is 0.314. The van der Waals surface area contributed by atoms with Crippen molar-refractivity contribution in [3.63, 3.8) is 0 Å². The first-order valence-electron chi connectivity index (χ1n) is 14.2. The van der Waals surface area contributed by atoms with Crippen LogP contribution in [0.25, 0.3) is 11.1 Å². The first kappa shape index (κ1) is 31.7. The molecule has 0 radical (unpaired) electrons. The molecule has 0 heterocycles. The fourth-order valence-electron chi connectivity index (χ4n) is 5.01. The van der Waals surface area contributed by atoms with E-state index < -0.39 is 0 Å². The third-order valence-electron chi connectivity index (χ3n) is 7.14. The largest absolute Gasteiger partial charge is 0.493 e. The Kier molecular flexibility index (Phi) is 12.0. The number of hydrogen-bond donors (Lipinski definition) is 1. The van der Waals surface area contributed by atoms with Gasteiger partial charge in [-0.05, 0) is 78.9 Å². The van der Waals surface area contributed by atoms with E-state index in [1.165, 1.54) is 11.1 Å². The van der Waals surface area contributed by atoms with Gasteiger partial charge in [0.25, 0.3) is 0 Å². The highest BCUT2D eigenvalue weighted by Gasteiger charge is 2.19. The molecule has 1 unspecified atom stereocenters. The zero-order valence-electron chi connectivity index (χ0n) is 24.5. The van der Waals surface area contributed by atoms with E-state index in [-0.39, 0.29) is 5.92 Å². The molecule has 0 saturated heterocycles. The lowest BCUT2D eigenvalue weighted by atomic mass is 9.87. The van der Waals surface area contributed by atoms with Gasteiger partial charge in [-0.2, -0.15) is 0 Å². The normalized spacial score (nSPS) is 11.8. The lowest BCUT2D eigenvalue weighted by Gasteiger charge is -2.23. The van der Waals surface area contributed by atoms with Gasteiger partial charge in [-0.15, -0.1) is 0 Å². The highest BCUT2D eigenvalue weighted by Crippen LogP contribution is 2.38. The quantitative estimate of drug-likeness (QED) is 0.137. The smallest absolute Gasteiger partial charge is 0.156 e. The Labute approximate surface area is 259 Å². The maximum absolute atomic E-state index is 6.36. The number of aryl methyl sites for hydroxylation is 1. The molecule has 222 valence electrons. The molecule has 7 heteroatoms. The minimum Gasteiger partial charge on any atom is -0.493 e. The Bertz CT molecular complexity index is 1400. The summed E-state index contributed by atoms with van der Waals surface area (Å²) in [7, 11) is 1.71. The number of ether oxygens (including phenoxy) is 4. The number of nitrogens with two attached hydrogens (primary N) is 1. The van der Waals surface area contributed by atoms with Gasteiger partial charge in [0.15, 0.2) is 5.75 Å². The predicted molar refractivity (Wildman–Crippen MR) is 173 cm³/mol. The van der Waals surface area contributed by atoms with Crippen molar-refractivity contribution in [1.29, 1.82) is 0 Å². The number of benzene rings is 4. The molecule has 0 aliphatic carbocycles. The third-order valence-corrected chi connectivity index (χ3v) is 7.70. The zero-order valence-corrected chi connectivity index (χ0v) is 26.0. The summed E-state index contributed by atoms with van der Waals surface area (Å²) in [5.74, 6) is 2.29. The lowest BCUT2D eigenvalue weighted by molar-refractivity contribution is 0.172. The van der Waals surface area contributed by atoms with Crippen LogP contribution in [-0.2, 0) is 11.2 Å². The summed E-state index contributed by atoms with van der Waals surface area (Å²) in [5, 5.41) is 0.988. The van der Waals surface area contributed by atoms with Gasteiger partial charge in [-0.3, -0.25) is 0 Å². The minimum absolute atomic E-state index is 0.139. The molecule has 4 aromatic carbocycles. The van der Waals surface area contributed by atoms with Crippen molar-refractivity contribution in [3.05, 3.63) is 111 Å². The maximum Gasteiger partial charge on any atom is 0.156 e. The van der Waals surface area contributed by atoms with Crippen LogP contribution in [0.4, 0.5) is 0 Å². The molecule has 0 bridgehead atoms. The summed E-state index contributed by atoms with van der Waals surface area (Å²) in [6, 6.07) is 26.5. The van der Waals surface area contributed by atoms with E-state index in [1.807, 2.05) is 49.4 Å². The third kappa shape index (κ3) is 8.42. The van der Waals surface area contributed by atoms with Crippen LogP contribution in [0.3, 0.4) is 0 Å². The van der Waals surface area contributed by atoms with E-state index in [2.05, 4.69) is 43.3 Å². The number of methoxy groups -OCH3 is 1. The van der Waals surface area contributed by atoms with E-state index in [4.69, 9.17) is 47.9 Å². The summed E-state index contributed by atoms with van der Waals surface area (Å²) in [4.78, 5) is 0. The highest BCUT2D eigenvalue weighted by atomic mass is 35.5. The van der Waals surface area contributed by atoms with Crippen LogP contribution in [0, 0.1) is 13.8 Å². The molecule has 0 fully saturated rings. The van der Waals surface area contributed by atoms with Gasteiger partial charge in [0.05, 0.1) is 16.7 Å². The maximum atomic E-state index is 6.36. The summed E-state index contributed by atoms with van der Waals surface area (Å²) in [6.07, 6.45) is 1.63. The number of rotatable bonds is 15. The van der Waals surface area contributed by atoms with Crippen molar-refractivity contribution in [2.45, 2.75) is 32.6 Å². The molecule has 0 aromatic heterocycles. The van der Waals surface area contributed by atoms with Gasteiger partial charge in [0.1, 0.15) is 24.7 Å². The van der Waals surface area contributed by atoms with Crippen LogP contribution in [0.5, 0.6) is 17.2 Å². The SMILES string of the molecule is COCCCOc1c(-c2ccccc2)ccc(C(CN)Cc2ccc(OCCOc3c(Cl)cc(C)cc3Cl)cc2)c1C. The van der Waals surface area contributed by atoms with Crippen molar-refractivity contribution in [3.8, 4) is 28.4 Å². The number of halogens is 2. The van der Waals surface area contributed by atoms with E-state index in [0.29, 0.717) is 48.8 Å². The first-order valence-corrected chi connectivity index (χ1v) is 15.0. The molecule has 2 N–H and O–H groups in total. The van der Waals surface area contributed by atoms with Gasteiger partial charge in [-0.1, -0.05) is 77.8 Å². The molecule has 0 aliphatic heterocycles. The molecular weight excluding hydrogens is 569 g/mol. The molecule has 0 amide bonds. The molecule has 1 atom stereocenters. The number of hydrogen-bond acceptors (Lipinski definition) is 5. The zero-order chi connectivity index (χ0) is 29.9. The van der Waals surface area contributed by atoms with Crippen LogP contribution in [0.15, 0.2) is 78.9 Å². The molecule has 0 aliphatic rings. The van der Waals surface area contributed by atoms with E-state index in [9.17, 15) is 0 Å². The summed E-state index contributed by atoms with van der Waals surface area (Å²) in [5.41, 5.74) is 13.0. The first-order chi connectivity index (χ1) is 20.4. The molecule has 4 aromatic rings. The second kappa shape index (κ2) is 15.9. The predicted octanol–water partition coefficient (Wildman–Crippen LogP) is 8.44. The van der Waals surface area contributed by atoms with Gasteiger partial charge in [0, 0.05) is 31.6 Å². The van der Waals surface area contributed by atoms with Crippen molar-refractivity contribution in [2.24, 2.45) is 5.73 Å². The van der Waals surface area contributed by atoms with Crippen LogP contribution < -0.4 is 19.9 Å². The molecule has 0 saturated carbocycles. The second-order valence-corrected chi connectivity index (χ2v) is 11.1. The average molecular weight is 609 g/mol. The van der Waals surface area contributed by atoms with E-state index in [0.717, 1.165) is 46.6 Å². The monoisotopic (exact) mass is 607 g/mol. The molecule has 5 nitrogen and oxygen atoms in total. The van der Waals surface area contributed by atoms with Gasteiger partial charge >= 0.3 is 0 Å². The average Bonchev–Trinajstić information content (AvgIpc) is 2.99. The van der Waals surface area contributed by atoms with Crippen LogP contribution in [-0.4, -0.2) is 40.1 Å². The summed E-state index contributed by atoms with van der Waals surface area (Å²) in [6.45, 7) is 6.53. The van der Waals surface area contributed by atoms with E-state index >= 15 is 0 Å².